The third-order valence-electron chi connectivity index (χ3n) is 2.56. The predicted molar refractivity (Wildman–Crippen MR) is 79.9 cm³/mol. The van der Waals surface area contributed by atoms with Crippen LogP contribution in [0.25, 0.3) is 0 Å². The quantitative estimate of drug-likeness (QED) is 0.582. The van der Waals surface area contributed by atoms with Crippen LogP contribution < -0.4 is 5.32 Å². The SMILES string of the molecule is CC(C)OCCCCNc1cc(Cl)nc(C(C)C)n1. The lowest BCUT2D eigenvalue weighted by molar-refractivity contribution is 0.0765. The summed E-state index contributed by atoms with van der Waals surface area (Å²) in [5, 5.41) is 3.77. The highest BCUT2D eigenvalue weighted by Gasteiger charge is 2.06. The monoisotopic (exact) mass is 285 g/mol. The predicted octanol–water partition coefficient (Wildman–Crippen LogP) is 3.87. The first-order valence-electron chi connectivity index (χ1n) is 6.89. The summed E-state index contributed by atoms with van der Waals surface area (Å²) in [6.07, 6.45) is 2.40. The molecule has 0 atom stereocenters. The van der Waals surface area contributed by atoms with Crippen molar-refractivity contribution in [2.45, 2.75) is 52.6 Å². The van der Waals surface area contributed by atoms with Gasteiger partial charge < -0.3 is 10.1 Å². The number of aromatic nitrogens is 2. The lowest BCUT2D eigenvalue weighted by Gasteiger charge is -2.10. The molecule has 1 aromatic rings. The number of halogens is 1. The molecule has 0 unspecified atom stereocenters. The van der Waals surface area contributed by atoms with Gasteiger partial charge in [0.05, 0.1) is 6.10 Å². The molecule has 19 heavy (non-hydrogen) atoms. The Morgan fingerprint density at radius 1 is 1.21 bits per heavy atom. The summed E-state index contributed by atoms with van der Waals surface area (Å²) >= 11 is 5.98. The first-order valence-corrected chi connectivity index (χ1v) is 7.26. The maximum atomic E-state index is 5.98. The lowest BCUT2D eigenvalue weighted by atomic mass is 10.2. The average molecular weight is 286 g/mol. The van der Waals surface area contributed by atoms with Crippen molar-refractivity contribution >= 4 is 17.4 Å². The van der Waals surface area contributed by atoms with Crippen molar-refractivity contribution in [3.8, 4) is 0 Å². The van der Waals surface area contributed by atoms with Crippen LogP contribution >= 0.6 is 11.6 Å². The van der Waals surface area contributed by atoms with Gasteiger partial charge in [0.2, 0.25) is 0 Å². The first kappa shape index (κ1) is 16.2. The number of hydrogen-bond donors (Lipinski definition) is 1. The van der Waals surface area contributed by atoms with E-state index in [0.717, 1.165) is 37.6 Å². The third kappa shape index (κ3) is 6.73. The molecule has 0 aliphatic heterocycles. The van der Waals surface area contributed by atoms with Crippen LogP contribution in [0.1, 0.15) is 52.3 Å². The number of unbranched alkanes of at least 4 members (excludes halogenated alkanes) is 1. The standard InChI is InChI=1S/C14H24ClN3O/c1-10(2)14-17-12(15)9-13(18-14)16-7-5-6-8-19-11(3)4/h9-11H,5-8H2,1-4H3,(H,16,17,18). The second kappa shape index (κ2) is 8.33. The molecule has 1 N–H and O–H groups in total. The summed E-state index contributed by atoms with van der Waals surface area (Å²) in [5.41, 5.74) is 0. The zero-order valence-corrected chi connectivity index (χ0v) is 13.0. The highest BCUT2D eigenvalue weighted by molar-refractivity contribution is 6.29. The fraction of sp³-hybridized carbons (Fsp3) is 0.714. The Kier molecular flexibility index (Phi) is 7.10. The average Bonchev–Trinajstić information content (AvgIpc) is 2.32. The largest absolute Gasteiger partial charge is 0.379 e. The van der Waals surface area contributed by atoms with Crippen LogP contribution in [0, 0.1) is 0 Å². The molecule has 0 aromatic carbocycles. The van der Waals surface area contributed by atoms with E-state index in [0.29, 0.717) is 11.3 Å². The molecule has 0 radical (unpaired) electrons. The Hall–Kier alpha value is -0.870. The molecule has 0 aliphatic rings. The lowest BCUT2D eigenvalue weighted by Crippen LogP contribution is -2.09. The Morgan fingerprint density at radius 3 is 2.58 bits per heavy atom. The normalized spacial score (nSPS) is 11.3. The molecule has 1 aromatic heterocycles. The van der Waals surface area contributed by atoms with E-state index in [1.54, 1.807) is 6.07 Å². The van der Waals surface area contributed by atoms with Gasteiger partial charge in [-0.05, 0) is 26.7 Å². The summed E-state index contributed by atoms with van der Waals surface area (Å²) in [4.78, 5) is 8.65. The van der Waals surface area contributed by atoms with Crippen LogP contribution in [0.5, 0.6) is 0 Å². The molecular weight excluding hydrogens is 262 g/mol. The van der Waals surface area contributed by atoms with Crippen molar-refractivity contribution in [2.24, 2.45) is 0 Å². The summed E-state index contributed by atoms with van der Waals surface area (Å²) < 4.78 is 5.49. The number of hydrogen-bond acceptors (Lipinski definition) is 4. The Balaban J connectivity index is 2.33. The Bertz CT molecular complexity index is 383. The number of nitrogens with one attached hydrogen (secondary N) is 1. The van der Waals surface area contributed by atoms with Crippen molar-refractivity contribution in [2.75, 3.05) is 18.5 Å². The molecule has 0 amide bonds. The Labute approximate surface area is 120 Å². The maximum absolute atomic E-state index is 5.98. The van der Waals surface area contributed by atoms with Gasteiger partial charge >= 0.3 is 0 Å². The van der Waals surface area contributed by atoms with Crippen LogP contribution in [-0.2, 0) is 4.74 Å². The van der Waals surface area contributed by atoms with E-state index < -0.39 is 0 Å². The molecule has 1 rings (SSSR count). The number of ether oxygens (including phenoxy) is 1. The van der Waals surface area contributed by atoms with E-state index in [9.17, 15) is 0 Å². The van der Waals surface area contributed by atoms with Crippen LogP contribution in [0.3, 0.4) is 0 Å². The number of nitrogens with zero attached hydrogens (tertiary/aromatic N) is 2. The van der Waals surface area contributed by atoms with Gasteiger partial charge in [0.25, 0.3) is 0 Å². The van der Waals surface area contributed by atoms with Crippen molar-refractivity contribution in [1.29, 1.82) is 0 Å². The highest BCUT2D eigenvalue weighted by atomic mass is 35.5. The minimum absolute atomic E-state index is 0.277. The summed E-state index contributed by atoms with van der Waals surface area (Å²) in [6.45, 7) is 9.88. The van der Waals surface area contributed by atoms with Crippen molar-refractivity contribution in [3.63, 3.8) is 0 Å². The molecule has 0 saturated carbocycles. The van der Waals surface area contributed by atoms with E-state index in [4.69, 9.17) is 16.3 Å². The topological polar surface area (TPSA) is 47.0 Å². The molecule has 0 fully saturated rings. The van der Waals surface area contributed by atoms with E-state index in [1.807, 2.05) is 0 Å². The fourth-order valence-corrected chi connectivity index (χ4v) is 1.74. The van der Waals surface area contributed by atoms with E-state index in [1.165, 1.54) is 0 Å². The van der Waals surface area contributed by atoms with Gasteiger partial charge in [0.1, 0.15) is 16.8 Å². The first-order chi connectivity index (χ1) is 8.99. The molecule has 0 spiro atoms. The molecule has 4 nitrogen and oxygen atoms in total. The van der Waals surface area contributed by atoms with Crippen LogP contribution in [-0.4, -0.2) is 29.2 Å². The van der Waals surface area contributed by atoms with Crippen molar-refractivity contribution in [3.05, 3.63) is 17.0 Å². The third-order valence-corrected chi connectivity index (χ3v) is 2.75. The summed E-state index contributed by atoms with van der Waals surface area (Å²) in [6, 6.07) is 1.76. The maximum Gasteiger partial charge on any atom is 0.135 e. The van der Waals surface area contributed by atoms with Crippen LogP contribution in [0.15, 0.2) is 6.07 Å². The fourth-order valence-electron chi connectivity index (χ4n) is 1.55. The second-order valence-corrected chi connectivity index (χ2v) is 5.53. The molecular formula is C14H24ClN3O. The smallest absolute Gasteiger partial charge is 0.135 e. The highest BCUT2D eigenvalue weighted by Crippen LogP contribution is 2.16. The van der Waals surface area contributed by atoms with Gasteiger partial charge in [0.15, 0.2) is 0 Å². The van der Waals surface area contributed by atoms with Gasteiger partial charge in [-0.25, -0.2) is 9.97 Å². The van der Waals surface area contributed by atoms with Crippen molar-refractivity contribution < 1.29 is 4.74 Å². The number of anilines is 1. The Morgan fingerprint density at radius 2 is 1.95 bits per heavy atom. The van der Waals surface area contributed by atoms with Gasteiger partial charge in [-0.1, -0.05) is 25.4 Å². The zero-order chi connectivity index (χ0) is 14.3. The van der Waals surface area contributed by atoms with Gasteiger partial charge in [-0.2, -0.15) is 0 Å². The van der Waals surface area contributed by atoms with E-state index >= 15 is 0 Å². The molecule has 0 bridgehead atoms. The summed E-state index contributed by atoms with van der Waals surface area (Å²) in [7, 11) is 0. The van der Waals surface area contributed by atoms with E-state index in [2.05, 4.69) is 43.0 Å². The van der Waals surface area contributed by atoms with Gasteiger partial charge in [-0.3, -0.25) is 0 Å². The zero-order valence-electron chi connectivity index (χ0n) is 12.2. The van der Waals surface area contributed by atoms with Crippen molar-refractivity contribution in [1.82, 2.24) is 9.97 Å². The van der Waals surface area contributed by atoms with Gasteiger partial charge in [0, 0.05) is 25.1 Å². The minimum atomic E-state index is 0.277. The number of rotatable bonds is 8. The van der Waals surface area contributed by atoms with E-state index in [-0.39, 0.29) is 5.92 Å². The minimum Gasteiger partial charge on any atom is -0.379 e. The molecule has 0 aliphatic carbocycles. The second-order valence-electron chi connectivity index (χ2n) is 5.14. The summed E-state index contributed by atoms with van der Waals surface area (Å²) in [5.74, 6) is 1.85. The van der Waals surface area contributed by atoms with Gasteiger partial charge in [-0.15, -0.1) is 0 Å². The molecule has 5 heteroatoms. The molecule has 0 saturated heterocycles. The molecule has 108 valence electrons. The van der Waals surface area contributed by atoms with Crippen LogP contribution in [0.2, 0.25) is 5.15 Å². The molecule has 1 heterocycles. The van der Waals surface area contributed by atoms with Crippen LogP contribution in [0.4, 0.5) is 5.82 Å².